The fourth-order valence-corrected chi connectivity index (χ4v) is 6.61. The molecule has 4 N–H and O–H groups in total. The van der Waals surface area contributed by atoms with Gasteiger partial charge in [-0.2, -0.15) is 0 Å². The van der Waals surface area contributed by atoms with Crippen LogP contribution in [-0.2, 0) is 0 Å². The third-order valence-electron chi connectivity index (χ3n) is 8.28. The molecule has 3 aromatic rings. The normalized spacial score (nSPS) is 25.0. The SMILES string of the molecule is CNC(=O)c1nc2c3c(nc(-c4cc(N)cc(F)c4OC(C)C)c(F)c3c1C)O[C@@H](C)[C@@H]1[C@@H]3CC[C@](C)(CN21)N3. The van der Waals surface area contributed by atoms with Gasteiger partial charge in [-0.15, -0.1) is 0 Å². The van der Waals surface area contributed by atoms with E-state index in [1.165, 1.54) is 13.1 Å². The Kier molecular flexibility index (Phi) is 6.06. The van der Waals surface area contributed by atoms with Gasteiger partial charge in [0, 0.05) is 42.3 Å². The number of benzene rings is 1. The summed E-state index contributed by atoms with van der Waals surface area (Å²) in [4.78, 5) is 24.7. The Balaban J connectivity index is 1.70. The largest absolute Gasteiger partial charge is 0.487 e. The summed E-state index contributed by atoms with van der Waals surface area (Å²) in [5.41, 5.74) is 6.25. The van der Waals surface area contributed by atoms with E-state index in [4.69, 9.17) is 20.2 Å². The number of aryl methyl sites for hydroxylation is 1. The van der Waals surface area contributed by atoms with Crippen LogP contribution in [0.2, 0.25) is 0 Å². The lowest BCUT2D eigenvalue weighted by Gasteiger charge is -2.46. The summed E-state index contributed by atoms with van der Waals surface area (Å²) in [6.07, 6.45) is 1.18. The van der Waals surface area contributed by atoms with Crippen LogP contribution in [0.5, 0.6) is 11.6 Å². The van der Waals surface area contributed by atoms with Crippen LogP contribution in [0, 0.1) is 18.6 Å². The van der Waals surface area contributed by atoms with Crippen LogP contribution in [0.3, 0.4) is 0 Å². The fraction of sp³-hybridized carbons (Fsp3) is 0.483. The molecule has 0 spiro atoms. The van der Waals surface area contributed by atoms with Crippen molar-refractivity contribution in [1.82, 2.24) is 20.6 Å². The van der Waals surface area contributed by atoms with Crippen molar-refractivity contribution in [2.45, 2.75) is 77.3 Å². The molecule has 2 saturated heterocycles. The minimum Gasteiger partial charge on any atom is -0.487 e. The van der Waals surface area contributed by atoms with Crippen molar-refractivity contribution in [2.24, 2.45) is 0 Å². The maximum atomic E-state index is 16.8. The molecule has 212 valence electrons. The number of ether oxygens (including phenoxy) is 2. The quantitative estimate of drug-likeness (QED) is 0.415. The molecular formula is C29H34F2N6O3. The number of carbonyl (C=O) groups excluding carboxylic acids is 1. The molecule has 4 atom stereocenters. The zero-order valence-electron chi connectivity index (χ0n) is 23.5. The molecule has 0 unspecified atom stereocenters. The van der Waals surface area contributed by atoms with Crippen LogP contribution in [0.4, 0.5) is 20.3 Å². The number of fused-ring (bicyclic) bond motifs is 5. The van der Waals surface area contributed by atoms with E-state index in [1.54, 1.807) is 20.8 Å². The van der Waals surface area contributed by atoms with Gasteiger partial charge in [0.1, 0.15) is 23.3 Å². The highest BCUT2D eigenvalue weighted by Gasteiger charge is 2.51. The topological polar surface area (TPSA) is 115 Å². The summed E-state index contributed by atoms with van der Waals surface area (Å²) < 4.78 is 44.2. The summed E-state index contributed by atoms with van der Waals surface area (Å²) in [7, 11) is 1.51. The first-order valence-corrected chi connectivity index (χ1v) is 13.7. The number of rotatable bonds is 4. The summed E-state index contributed by atoms with van der Waals surface area (Å²) in [5.74, 6) is -1.43. The van der Waals surface area contributed by atoms with E-state index in [-0.39, 0.29) is 63.4 Å². The molecule has 5 heterocycles. The summed E-state index contributed by atoms with van der Waals surface area (Å²) >= 11 is 0. The first-order chi connectivity index (χ1) is 18.9. The Bertz CT molecular complexity index is 1560. The maximum absolute atomic E-state index is 16.8. The number of aromatic nitrogens is 2. The van der Waals surface area contributed by atoms with Crippen molar-refractivity contribution in [2.75, 3.05) is 24.2 Å². The number of hydrogen-bond acceptors (Lipinski definition) is 8. The first kappa shape index (κ1) is 26.5. The molecule has 9 nitrogen and oxygen atoms in total. The molecule has 11 heteroatoms. The average Bonchev–Trinajstić information content (AvgIpc) is 3.14. The lowest BCUT2D eigenvalue weighted by Crippen LogP contribution is -2.66. The summed E-state index contributed by atoms with van der Waals surface area (Å²) in [6, 6.07) is 2.56. The lowest BCUT2D eigenvalue weighted by atomic mass is 9.95. The number of carbonyl (C=O) groups is 1. The van der Waals surface area contributed by atoms with Gasteiger partial charge in [0.2, 0.25) is 5.88 Å². The Morgan fingerprint density at radius 3 is 2.75 bits per heavy atom. The van der Waals surface area contributed by atoms with Gasteiger partial charge in [-0.3, -0.25) is 4.79 Å². The smallest absolute Gasteiger partial charge is 0.270 e. The lowest BCUT2D eigenvalue weighted by molar-refractivity contribution is 0.0957. The van der Waals surface area contributed by atoms with Crippen molar-refractivity contribution < 1.29 is 23.0 Å². The second-order valence-corrected chi connectivity index (χ2v) is 11.7. The molecule has 1 aromatic carbocycles. The highest BCUT2D eigenvalue weighted by Crippen LogP contribution is 2.48. The van der Waals surface area contributed by atoms with Crippen LogP contribution in [-0.4, -0.2) is 59.3 Å². The van der Waals surface area contributed by atoms with Gasteiger partial charge in [0.25, 0.3) is 5.91 Å². The molecule has 0 radical (unpaired) electrons. The third-order valence-corrected chi connectivity index (χ3v) is 8.28. The molecule has 2 aromatic heterocycles. The number of nitrogens with zero attached hydrogens (tertiary/aromatic N) is 3. The molecule has 2 bridgehead atoms. The number of nitrogen functional groups attached to an aromatic ring is 1. The van der Waals surface area contributed by atoms with Crippen molar-refractivity contribution in [3.05, 3.63) is 35.0 Å². The van der Waals surface area contributed by atoms with Crippen LogP contribution < -0.4 is 30.7 Å². The van der Waals surface area contributed by atoms with Crippen LogP contribution >= 0.6 is 0 Å². The van der Waals surface area contributed by atoms with Gasteiger partial charge < -0.3 is 30.7 Å². The van der Waals surface area contributed by atoms with Crippen LogP contribution in [0.25, 0.3) is 22.0 Å². The number of amides is 1. The van der Waals surface area contributed by atoms with E-state index in [9.17, 15) is 4.79 Å². The number of anilines is 2. The fourth-order valence-electron chi connectivity index (χ4n) is 6.61. The summed E-state index contributed by atoms with van der Waals surface area (Å²) in [6.45, 7) is 9.88. The molecule has 6 rings (SSSR count). The van der Waals surface area contributed by atoms with E-state index in [0.717, 1.165) is 18.9 Å². The predicted octanol–water partition coefficient (Wildman–Crippen LogP) is 4.09. The van der Waals surface area contributed by atoms with E-state index in [1.807, 2.05) is 6.92 Å². The number of hydrogen-bond donors (Lipinski definition) is 3. The van der Waals surface area contributed by atoms with Gasteiger partial charge >= 0.3 is 0 Å². The van der Waals surface area contributed by atoms with E-state index >= 15 is 8.78 Å². The molecule has 3 aliphatic rings. The Hall–Kier alpha value is -3.73. The average molecular weight is 553 g/mol. The zero-order chi connectivity index (χ0) is 28.7. The van der Waals surface area contributed by atoms with Crippen LogP contribution in [0.1, 0.15) is 56.6 Å². The number of nitrogens with one attached hydrogen (secondary N) is 2. The second kappa shape index (κ2) is 9.15. The predicted molar refractivity (Wildman–Crippen MR) is 149 cm³/mol. The van der Waals surface area contributed by atoms with E-state index in [2.05, 4.69) is 27.4 Å². The molecule has 0 aliphatic carbocycles. The van der Waals surface area contributed by atoms with Crippen molar-refractivity contribution in [3.63, 3.8) is 0 Å². The molecule has 1 amide bonds. The number of nitrogens with two attached hydrogens (primary N) is 1. The first-order valence-electron chi connectivity index (χ1n) is 13.7. The highest BCUT2D eigenvalue weighted by atomic mass is 19.1. The molecule has 2 fully saturated rings. The summed E-state index contributed by atoms with van der Waals surface area (Å²) in [5, 5.41) is 6.90. The zero-order valence-corrected chi connectivity index (χ0v) is 23.5. The van der Waals surface area contributed by atoms with Gasteiger partial charge in [0.15, 0.2) is 17.4 Å². The number of piperazine rings is 1. The highest BCUT2D eigenvalue weighted by molar-refractivity contribution is 6.07. The Morgan fingerprint density at radius 1 is 1.30 bits per heavy atom. The minimum atomic E-state index is -0.734. The maximum Gasteiger partial charge on any atom is 0.270 e. The van der Waals surface area contributed by atoms with Gasteiger partial charge in [-0.1, -0.05) is 0 Å². The van der Waals surface area contributed by atoms with Gasteiger partial charge in [-0.05, 0) is 59.1 Å². The molecular weight excluding hydrogens is 518 g/mol. The van der Waals surface area contributed by atoms with E-state index < -0.39 is 23.6 Å². The van der Waals surface area contributed by atoms with Crippen molar-refractivity contribution in [1.29, 1.82) is 0 Å². The molecule has 3 aliphatic heterocycles. The Morgan fingerprint density at radius 2 is 2.05 bits per heavy atom. The third kappa shape index (κ3) is 3.93. The minimum absolute atomic E-state index is 0.0626. The molecule has 40 heavy (non-hydrogen) atoms. The molecule has 0 saturated carbocycles. The standard InChI is InChI=1S/C29H34F2N6O3/c1-12(2)39-25-16(9-15(32)10-17(25)30)23-21(31)19-13(3)22(27(38)33-6)34-26-20(19)28(35-23)40-14(4)24-18-7-8-29(5,36-18)11-37(24)26/h9-10,12,14,18,24,36H,7-8,11,32H2,1-6H3,(H,33,38)/t14-,18-,24+,29+/m0/s1. The van der Waals surface area contributed by atoms with Gasteiger partial charge in [0.05, 0.1) is 23.1 Å². The second-order valence-electron chi connectivity index (χ2n) is 11.7. The van der Waals surface area contributed by atoms with Gasteiger partial charge in [-0.25, -0.2) is 18.7 Å². The van der Waals surface area contributed by atoms with Crippen molar-refractivity contribution >= 4 is 28.2 Å². The Labute approximate surface area is 231 Å². The number of halogens is 2. The number of pyridine rings is 2. The van der Waals surface area contributed by atoms with Crippen molar-refractivity contribution in [3.8, 4) is 22.9 Å². The van der Waals surface area contributed by atoms with Crippen LogP contribution in [0.15, 0.2) is 12.1 Å². The van der Waals surface area contributed by atoms with E-state index in [0.29, 0.717) is 23.3 Å². The monoisotopic (exact) mass is 552 g/mol.